The second-order valence-corrected chi connectivity index (χ2v) is 6.76. The molecule has 132 valence electrons. The van der Waals surface area contributed by atoms with Crippen LogP contribution in [-0.2, 0) is 17.6 Å². The lowest BCUT2D eigenvalue weighted by Gasteiger charge is -2.15. The smallest absolute Gasteiger partial charge is 0.340 e. The third-order valence-corrected chi connectivity index (χ3v) is 5.30. The predicted octanol–water partition coefficient (Wildman–Crippen LogP) is 3.35. The summed E-state index contributed by atoms with van der Waals surface area (Å²) in [5, 5.41) is 1.97. The highest BCUT2D eigenvalue weighted by atomic mass is 16.5. The van der Waals surface area contributed by atoms with E-state index in [1.807, 2.05) is 18.2 Å². The van der Waals surface area contributed by atoms with E-state index in [0.29, 0.717) is 16.7 Å². The van der Waals surface area contributed by atoms with Crippen molar-refractivity contribution in [3.8, 4) is 0 Å². The zero-order valence-corrected chi connectivity index (χ0v) is 14.4. The van der Waals surface area contributed by atoms with Crippen molar-refractivity contribution < 1.29 is 19.1 Å². The number of hydrogen-bond donors (Lipinski definition) is 0. The molecule has 1 aliphatic heterocycles. The van der Waals surface area contributed by atoms with Gasteiger partial charge in [-0.1, -0.05) is 36.4 Å². The second-order valence-electron chi connectivity index (χ2n) is 6.76. The van der Waals surface area contributed by atoms with Crippen molar-refractivity contribution in [2.75, 3.05) is 6.73 Å². The number of nitrogens with zero attached hydrogens (tertiary/aromatic N) is 1. The van der Waals surface area contributed by atoms with Crippen LogP contribution in [0, 0.1) is 0 Å². The Morgan fingerprint density at radius 3 is 2.22 bits per heavy atom. The van der Waals surface area contributed by atoms with Gasteiger partial charge in [-0.3, -0.25) is 9.59 Å². The van der Waals surface area contributed by atoms with Gasteiger partial charge in [-0.05, 0) is 52.9 Å². The fraction of sp³-hybridized carbons (Fsp3) is 0.136. The van der Waals surface area contributed by atoms with E-state index in [9.17, 15) is 14.4 Å². The number of rotatable bonds is 3. The molecule has 0 unspecified atom stereocenters. The zero-order chi connectivity index (χ0) is 18.5. The number of ether oxygens (including phenoxy) is 1. The van der Waals surface area contributed by atoms with Gasteiger partial charge in [0.1, 0.15) is 0 Å². The summed E-state index contributed by atoms with van der Waals surface area (Å²) in [5.74, 6) is -1.42. The van der Waals surface area contributed by atoms with Crippen molar-refractivity contribution in [1.82, 2.24) is 4.90 Å². The molecule has 1 aliphatic carbocycles. The van der Waals surface area contributed by atoms with Gasteiger partial charge in [0.15, 0.2) is 6.73 Å². The number of benzene rings is 3. The molecule has 0 spiro atoms. The van der Waals surface area contributed by atoms with Crippen molar-refractivity contribution in [3.05, 3.63) is 82.4 Å². The summed E-state index contributed by atoms with van der Waals surface area (Å²) in [6.07, 6.45) is 1.94. The third kappa shape index (κ3) is 2.28. The number of carbonyl (C=O) groups is 3. The van der Waals surface area contributed by atoms with E-state index in [1.165, 1.54) is 11.1 Å². The molecule has 5 nitrogen and oxygen atoms in total. The van der Waals surface area contributed by atoms with Crippen LogP contribution in [0.5, 0.6) is 0 Å². The van der Waals surface area contributed by atoms with Gasteiger partial charge in [-0.15, -0.1) is 0 Å². The highest BCUT2D eigenvalue weighted by Crippen LogP contribution is 2.33. The molecule has 1 heterocycles. The van der Waals surface area contributed by atoms with E-state index in [0.717, 1.165) is 28.5 Å². The molecule has 0 saturated heterocycles. The molecule has 0 bridgehead atoms. The average Bonchev–Trinajstić information content (AvgIpc) is 3.22. The van der Waals surface area contributed by atoms with Crippen LogP contribution in [0.4, 0.5) is 0 Å². The number of fused-ring (bicyclic) bond motifs is 1. The van der Waals surface area contributed by atoms with E-state index in [-0.39, 0.29) is 0 Å². The van der Waals surface area contributed by atoms with E-state index in [4.69, 9.17) is 4.74 Å². The van der Waals surface area contributed by atoms with Crippen molar-refractivity contribution in [2.45, 2.75) is 12.8 Å². The number of amides is 2. The van der Waals surface area contributed by atoms with Crippen molar-refractivity contribution >= 4 is 28.6 Å². The van der Waals surface area contributed by atoms with Crippen LogP contribution in [0.25, 0.3) is 10.8 Å². The lowest BCUT2D eigenvalue weighted by molar-refractivity contribution is 0.0229. The molecule has 0 saturated carbocycles. The number of carbonyl (C=O) groups excluding carboxylic acids is 3. The first-order valence-corrected chi connectivity index (χ1v) is 8.81. The van der Waals surface area contributed by atoms with Gasteiger partial charge < -0.3 is 4.74 Å². The number of esters is 1. The van der Waals surface area contributed by atoms with Gasteiger partial charge in [-0.25, -0.2) is 9.69 Å². The molecule has 0 radical (unpaired) electrons. The Hall–Kier alpha value is -3.47. The van der Waals surface area contributed by atoms with Crippen LogP contribution in [-0.4, -0.2) is 29.4 Å². The Labute approximate surface area is 155 Å². The summed E-state index contributed by atoms with van der Waals surface area (Å²) in [6, 6.07) is 16.2. The van der Waals surface area contributed by atoms with Gasteiger partial charge in [0.05, 0.1) is 16.7 Å². The van der Waals surface area contributed by atoms with Gasteiger partial charge >= 0.3 is 5.97 Å². The van der Waals surface area contributed by atoms with Crippen LogP contribution in [0.15, 0.2) is 54.6 Å². The fourth-order valence-electron chi connectivity index (χ4n) is 3.98. The lowest BCUT2D eigenvalue weighted by atomic mass is 10.00. The predicted molar refractivity (Wildman–Crippen MR) is 98.6 cm³/mol. The monoisotopic (exact) mass is 357 g/mol. The second kappa shape index (κ2) is 5.77. The Balaban J connectivity index is 1.41. The van der Waals surface area contributed by atoms with Crippen LogP contribution in [0.1, 0.15) is 42.2 Å². The summed E-state index contributed by atoms with van der Waals surface area (Å²) in [6.45, 7) is -0.395. The van der Waals surface area contributed by atoms with Gasteiger partial charge in [0, 0.05) is 0 Å². The molecule has 5 rings (SSSR count). The fourth-order valence-corrected chi connectivity index (χ4v) is 3.98. The van der Waals surface area contributed by atoms with E-state index >= 15 is 0 Å². The highest BCUT2D eigenvalue weighted by Gasteiger charge is 2.36. The summed E-state index contributed by atoms with van der Waals surface area (Å²) in [7, 11) is 0. The molecule has 0 aromatic heterocycles. The Morgan fingerprint density at radius 2 is 1.52 bits per heavy atom. The standard InChI is InChI=1S/C22H15NO4/c24-20-16-5-1-2-6-17(16)21(25)23(20)12-27-22(26)18-11-10-14-9-8-13-4-3-7-15(18)19(13)14/h1-7,10-11H,8-9,12H2. The van der Waals surface area contributed by atoms with Crippen molar-refractivity contribution in [3.63, 3.8) is 0 Å². The van der Waals surface area contributed by atoms with Crippen LogP contribution < -0.4 is 0 Å². The Morgan fingerprint density at radius 1 is 0.852 bits per heavy atom. The van der Waals surface area contributed by atoms with Gasteiger partial charge in [-0.2, -0.15) is 0 Å². The minimum Gasteiger partial charge on any atom is -0.440 e. The van der Waals surface area contributed by atoms with Crippen LogP contribution >= 0.6 is 0 Å². The molecule has 2 amide bonds. The molecule has 3 aromatic rings. The molecule has 5 heteroatoms. The quantitative estimate of drug-likeness (QED) is 0.533. The zero-order valence-electron chi connectivity index (χ0n) is 14.4. The summed E-state index contributed by atoms with van der Waals surface area (Å²) < 4.78 is 5.34. The SMILES string of the molecule is O=C(OCN1C(=O)c2ccccc2C1=O)c1ccc2c3c(cccc13)CC2. The Kier molecular flexibility index (Phi) is 3.37. The van der Waals surface area contributed by atoms with E-state index < -0.39 is 24.5 Å². The number of hydrogen-bond acceptors (Lipinski definition) is 4. The van der Waals surface area contributed by atoms with Crippen LogP contribution in [0.3, 0.4) is 0 Å². The van der Waals surface area contributed by atoms with Crippen molar-refractivity contribution in [1.29, 1.82) is 0 Å². The largest absolute Gasteiger partial charge is 0.440 e. The molecular weight excluding hydrogens is 342 g/mol. The molecule has 0 N–H and O–H groups in total. The summed E-state index contributed by atoms with van der Waals surface area (Å²) >= 11 is 0. The first-order valence-electron chi connectivity index (χ1n) is 8.81. The molecule has 2 aliphatic rings. The minimum atomic E-state index is -0.540. The summed E-state index contributed by atoms with van der Waals surface area (Å²) in [4.78, 5) is 38.4. The third-order valence-electron chi connectivity index (χ3n) is 5.30. The van der Waals surface area contributed by atoms with Gasteiger partial charge in [0.25, 0.3) is 11.8 Å². The van der Waals surface area contributed by atoms with Crippen LogP contribution in [0.2, 0.25) is 0 Å². The van der Waals surface area contributed by atoms with E-state index in [2.05, 4.69) is 6.07 Å². The first kappa shape index (κ1) is 15.8. The maximum Gasteiger partial charge on any atom is 0.340 e. The number of imide groups is 1. The minimum absolute atomic E-state index is 0.337. The maximum absolute atomic E-state index is 12.7. The number of aryl methyl sites for hydroxylation is 2. The molecule has 3 aromatic carbocycles. The average molecular weight is 357 g/mol. The van der Waals surface area contributed by atoms with E-state index in [1.54, 1.807) is 30.3 Å². The molecule has 0 fully saturated rings. The maximum atomic E-state index is 12.7. The highest BCUT2D eigenvalue weighted by molar-refractivity contribution is 6.21. The van der Waals surface area contributed by atoms with Crippen molar-refractivity contribution in [2.24, 2.45) is 0 Å². The Bertz CT molecular complexity index is 1100. The lowest BCUT2D eigenvalue weighted by Crippen LogP contribution is -2.33. The van der Waals surface area contributed by atoms with Gasteiger partial charge in [0.2, 0.25) is 0 Å². The molecule has 27 heavy (non-hydrogen) atoms. The topological polar surface area (TPSA) is 63.7 Å². The molecular formula is C22H15NO4. The normalized spacial score (nSPS) is 14.7. The summed E-state index contributed by atoms with van der Waals surface area (Å²) in [5.41, 5.74) is 3.59. The molecule has 0 atom stereocenters. The first-order chi connectivity index (χ1) is 13.1.